The average Bonchev–Trinajstić information content (AvgIpc) is 2.11. The zero-order valence-electron chi connectivity index (χ0n) is 8.51. The van der Waals surface area contributed by atoms with Crippen LogP contribution in [0.4, 0.5) is 0 Å². The number of rotatable bonds is 5. The second kappa shape index (κ2) is 5.82. The molecule has 2 atom stereocenters. The van der Waals surface area contributed by atoms with Crippen LogP contribution in [0.15, 0.2) is 37.0 Å². The molecule has 0 aliphatic rings. The molecule has 0 bridgehead atoms. The van der Waals surface area contributed by atoms with Crippen LogP contribution >= 0.6 is 0 Å². The molecule has 68 valence electrons. The molecule has 0 radical (unpaired) electrons. The summed E-state index contributed by atoms with van der Waals surface area (Å²) in [6, 6.07) is 0. The molecule has 0 heteroatoms. The van der Waals surface area contributed by atoms with Crippen LogP contribution in [0.3, 0.4) is 0 Å². The Morgan fingerprint density at radius 3 is 2.33 bits per heavy atom. The summed E-state index contributed by atoms with van der Waals surface area (Å²) >= 11 is 0. The Hall–Kier alpha value is -0.780. The van der Waals surface area contributed by atoms with Gasteiger partial charge in [-0.25, -0.2) is 0 Å². The third kappa shape index (κ3) is 4.17. The van der Waals surface area contributed by atoms with E-state index in [4.69, 9.17) is 0 Å². The van der Waals surface area contributed by atoms with E-state index in [1.807, 2.05) is 6.08 Å². The van der Waals surface area contributed by atoms with E-state index in [2.05, 4.69) is 46.1 Å². The smallest absolute Gasteiger partial charge is 0.0198 e. The van der Waals surface area contributed by atoms with Gasteiger partial charge in [0.2, 0.25) is 0 Å². The minimum atomic E-state index is 0.547. The molecule has 0 amide bonds. The van der Waals surface area contributed by atoms with Crippen molar-refractivity contribution in [3.63, 3.8) is 0 Å². The van der Waals surface area contributed by atoms with Crippen molar-refractivity contribution in [1.82, 2.24) is 0 Å². The fourth-order valence-corrected chi connectivity index (χ4v) is 0.796. The van der Waals surface area contributed by atoms with Crippen LogP contribution in [-0.4, -0.2) is 0 Å². The topological polar surface area (TPSA) is 0 Å². The largest absolute Gasteiger partial charge is 0.103 e. The van der Waals surface area contributed by atoms with Gasteiger partial charge < -0.3 is 0 Å². The van der Waals surface area contributed by atoms with Gasteiger partial charge >= 0.3 is 0 Å². The molecular formula is C12H20. The first kappa shape index (κ1) is 11.2. The number of hydrogen-bond donors (Lipinski definition) is 0. The van der Waals surface area contributed by atoms with Gasteiger partial charge in [0.1, 0.15) is 0 Å². The second-order valence-electron chi connectivity index (χ2n) is 3.32. The molecule has 12 heavy (non-hydrogen) atoms. The summed E-state index contributed by atoms with van der Waals surface area (Å²) in [5.74, 6) is 1.11. The molecule has 0 nitrogen and oxygen atoms in total. The van der Waals surface area contributed by atoms with Gasteiger partial charge in [-0.3, -0.25) is 0 Å². The van der Waals surface area contributed by atoms with E-state index in [0.29, 0.717) is 11.8 Å². The molecule has 0 aromatic heterocycles. The fourth-order valence-electron chi connectivity index (χ4n) is 0.796. The lowest BCUT2D eigenvalue weighted by molar-refractivity contribution is 0.559. The van der Waals surface area contributed by atoms with Crippen molar-refractivity contribution < 1.29 is 0 Å². The van der Waals surface area contributed by atoms with Crippen LogP contribution < -0.4 is 0 Å². The molecule has 0 aliphatic carbocycles. The summed E-state index contributed by atoms with van der Waals surface area (Å²) in [7, 11) is 0. The van der Waals surface area contributed by atoms with Gasteiger partial charge in [0.05, 0.1) is 0 Å². The van der Waals surface area contributed by atoms with Crippen LogP contribution in [0.5, 0.6) is 0 Å². The third-order valence-electron chi connectivity index (χ3n) is 2.29. The fraction of sp³-hybridized carbons (Fsp3) is 0.500. The van der Waals surface area contributed by atoms with Gasteiger partial charge in [0.25, 0.3) is 0 Å². The maximum atomic E-state index is 3.92. The maximum absolute atomic E-state index is 3.92. The van der Waals surface area contributed by atoms with E-state index < -0.39 is 0 Å². The summed E-state index contributed by atoms with van der Waals surface area (Å²) in [5.41, 5.74) is 1.19. The molecule has 0 aliphatic heterocycles. The highest BCUT2D eigenvalue weighted by atomic mass is 14.1. The van der Waals surface area contributed by atoms with Gasteiger partial charge in [-0.1, -0.05) is 51.2 Å². The first-order valence-corrected chi connectivity index (χ1v) is 4.60. The van der Waals surface area contributed by atoms with E-state index >= 15 is 0 Å². The summed E-state index contributed by atoms with van der Waals surface area (Å²) in [6.45, 7) is 14.2. The Labute approximate surface area is 76.7 Å². The summed E-state index contributed by atoms with van der Waals surface area (Å²) < 4.78 is 0. The van der Waals surface area contributed by atoms with Crippen molar-refractivity contribution >= 4 is 0 Å². The van der Waals surface area contributed by atoms with Crippen LogP contribution in [0.25, 0.3) is 0 Å². The van der Waals surface area contributed by atoms with E-state index in [9.17, 15) is 0 Å². The van der Waals surface area contributed by atoms with Crippen LogP contribution in [-0.2, 0) is 0 Å². The molecule has 2 unspecified atom stereocenters. The van der Waals surface area contributed by atoms with Crippen LogP contribution in [0.2, 0.25) is 0 Å². The molecule has 0 aromatic carbocycles. The van der Waals surface area contributed by atoms with Gasteiger partial charge in [0, 0.05) is 0 Å². The third-order valence-corrected chi connectivity index (χ3v) is 2.29. The first-order valence-electron chi connectivity index (χ1n) is 4.60. The minimum Gasteiger partial charge on any atom is -0.103 e. The molecule has 0 aromatic rings. The Morgan fingerprint density at radius 2 is 1.92 bits per heavy atom. The minimum absolute atomic E-state index is 0.547. The average molecular weight is 164 g/mol. The van der Waals surface area contributed by atoms with Crippen LogP contribution in [0.1, 0.15) is 27.2 Å². The molecule has 0 heterocycles. The molecule has 0 fully saturated rings. The lowest BCUT2D eigenvalue weighted by Crippen LogP contribution is -2.00. The number of allylic oxidation sites excluding steroid dienone is 4. The van der Waals surface area contributed by atoms with Crippen molar-refractivity contribution in [2.75, 3.05) is 0 Å². The predicted octanol–water partition coefficient (Wildman–Crippen LogP) is 3.97. The molecule has 0 N–H and O–H groups in total. The van der Waals surface area contributed by atoms with Crippen molar-refractivity contribution in [3.05, 3.63) is 37.0 Å². The summed E-state index contributed by atoms with van der Waals surface area (Å²) in [4.78, 5) is 0. The highest BCUT2D eigenvalue weighted by Crippen LogP contribution is 2.14. The highest BCUT2D eigenvalue weighted by Gasteiger charge is 2.03. The standard InChI is InChI=1S/C12H20/c1-6-10(3)8-9-12(5)11(4)7-2/h7-9,11-12H,2-3,6H2,1,4-5H3. The van der Waals surface area contributed by atoms with Gasteiger partial charge in [-0.2, -0.15) is 0 Å². The van der Waals surface area contributed by atoms with Gasteiger partial charge in [-0.05, 0) is 18.3 Å². The second-order valence-corrected chi connectivity index (χ2v) is 3.32. The van der Waals surface area contributed by atoms with Gasteiger partial charge in [0.15, 0.2) is 0 Å². The zero-order chi connectivity index (χ0) is 9.56. The Kier molecular flexibility index (Phi) is 5.44. The lowest BCUT2D eigenvalue weighted by Gasteiger charge is -2.10. The molecule has 0 saturated carbocycles. The quantitative estimate of drug-likeness (QED) is 0.426. The van der Waals surface area contributed by atoms with E-state index in [-0.39, 0.29) is 0 Å². The maximum Gasteiger partial charge on any atom is -0.0198 e. The SMILES string of the molecule is C=CC(C)C(C)C=CC(=C)CC. The molecule has 0 rings (SSSR count). The molecule has 0 saturated heterocycles. The van der Waals surface area contributed by atoms with E-state index in [1.165, 1.54) is 5.57 Å². The van der Waals surface area contributed by atoms with Crippen molar-refractivity contribution in [2.24, 2.45) is 11.8 Å². The van der Waals surface area contributed by atoms with Crippen molar-refractivity contribution in [3.8, 4) is 0 Å². The van der Waals surface area contributed by atoms with Crippen LogP contribution in [0, 0.1) is 11.8 Å². The van der Waals surface area contributed by atoms with Gasteiger partial charge in [-0.15, -0.1) is 6.58 Å². The Balaban J connectivity index is 3.98. The molecule has 0 spiro atoms. The normalized spacial score (nSPS) is 15.9. The van der Waals surface area contributed by atoms with Crippen molar-refractivity contribution in [2.45, 2.75) is 27.2 Å². The Morgan fingerprint density at radius 1 is 1.33 bits per heavy atom. The summed E-state index contributed by atoms with van der Waals surface area (Å²) in [6.07, 6.45) is 7.35. The van der Waals surface area contributed by atoms with E-state index in [0.717, 1.165) is 6.42 Å². The summed E-state index contributed by atoms with van der Waals surface area (Å²) in [5, 5.41) is 0. The molecular weight excluding hydrogens is 144 g/mol. The monoisotopic (exact) mass is 164 g/mol. The zero-order valence-corrected chi connectivity index (χ0v) is 8.51. The number of hydrogen-bond acceptors (Lipinski definition) is 0. The highest BCUT2D eigenvalue weighted by molar-refractivity contribution is 5.14. The van der Waals surface area contributed by atoms with E-state index in [1.54, 1.807) is 0 Å². The Bertz CT molecular complexity index is 174. The predicted molar refractivity (Wildman–Crippen MR) is 57.1 cm³/mol. The lowest BCUT2D eigenvalue weighted by atomic mass is 9.95. The van der Waals surface area contributed by atoms with Crippen molar-refractivity contribution in [1.29, 1.82) is 0 Å². The first-order chi connectivity index (χ1) is 5.61.